The number of nitrogens with one attached hydrogen (secondary N) is 1. The molecule has 11 nitrogen and oxygen atoms in total. The Hall–Kier alpha value is -4.45. The summed E-state index contributed by atoms with van der Waals surface area (Å²) in [6.07, 6.45) is 1.21. The van der Waals surface area contributed by atoms with Crippen molar-refractivity contribution in [2.75, 3.05) is 18.0 Å². The zero-order chi connectivity index (χ0) is 25.6. The zero-order valence-corrected chi connectivity index (χ0v) is 19.6. The van der Waals surface area contributed by atoms with Crippen LogP contribution in [0.25, 0.3) is 0 Å². The quantitative estimate of drug-likeness (QED) is 0.261. The van der Waals surface area contributed by atoms with Gasteiger partial charge in [0.15, 0.2) is 0 Å². The lowest BCUT2D eigenvalue weighted by Gasteiger charge is -2.24. The van der Waals surface area contributed by atoms with E-state index in [1.807, 2.05) is 0 Å². The number of benzene rings is 3. The van der Waals surface area contributed by atoms with Crippen molar-refractivity contribution in [2.24, 2.45) is 5.10 Å². The molecule has 0 saturated carbocycles. The van der Waals surface area contributed by atoms with Gasteiger partial charge in [-0.15, -0.1) is 0 Å². The molecule has 0 spiro atoms. The first kappa shape index (κ1) is 25.2. The Labute approximate surface area is 201 Å². The minimum Gasteiger partial charge on any atom is -0.507 e. The van der Waals surface area contributed by atoms with Gasteiger partial charge in [-0.1, -0.05) is 18.2 Å². The smallest absolute Gasteiger partial charge is 0.273 e. The largest absolute Gasteiger partial charge is 0.507 e. The summed E-state index contributed by atoms with van der Waals surface area (Å²) in [5, 5.41) is 24.9. The molecule has 0 aromatic heterocycles. The van der Waals surface area contributed by atoms with Crippen LogP contribution >= 0.6 is 0 Å². The predicted octanol–water partition coefficient (Wildman–Crippen LogP) is 2.96. The number of nitro benzene ring substituents is 1. The Kier molecular flexibility index (Phi) is 7.66. The summed E-state index contributed by atoms with van der Waals surface area (Å²) in [5.74, 6) is -0.361. The van der Waals surface area contributed by atoms with Crippen LogP contribution in [0.3, 0.4) is 0 Å². The molecule has 3 aromatic rings. The minimum absolute atomic E-state index is 0.0473. The third-order valence-corrected chi connectivity index (χ3v) is 6.71. The number of methoxy groups -OCH3 is 1. The van der Waals surface area contributed by atoms with E-state index in [1.165, 1.54) is 62.7 Å². The average molecular weight is 499 g/mol. The molecule has 2 N–H and O–H groups in total. The van der Waals surface area contributed by atoms with Gasteiger partial charge in [0.05, 0.1) is 28.8 Å². The zero-order valence-electron chi connectivity index (χ0n) is 18.8. The van der Waals surface area contributed by atoms with Crippen LogP contribution in [0.15, 0.2) is 76.7 Å². The minimum atomic E-state index is -4.39. The number of phenols is 1. The number of hydrogen-bond donors (Lipinski definition) is 2. The second-order valence-corrected chi connectivity index (χ2v) is 9.13. The maximum atomic E-state index is 13.5. The van der Waals surface area contributed by atoms with Gasteiger partial charge < -0.3 is 9.84 Å². The van der Waals surface area contributed by atoms with E-state index >= 15 is 0 Å². The number of carbonyl (C=O) groups is 1. The normalized spacial score (nSPS) is 11.3. The van der Waals surface area contributed by atoms with Crippen LogP contribution in [-0.2, 0) is 14.8 Å². The van der Waals surface area contributed by atoms with Gasteiger partial charge in [0.1, 0.15) is 18.0 Å². The van der Waals surface area contributed by atoms with Crippen molar-refractivity contribution >= 4 is 33.5 Å². The van der Waals surface area contributed by atoms with Gasteiger partial charge in [-0.25, -0.2) is 13.8 Å². The van der Waals surface area contributed by atoms with E-state index in [0.29, 0.717) is 16.9 Å². The van der Waals surface area contributed by atoms with Gasteiger partial charge in [-0.3, -0.25) is 19.2 Å². The second-order valence-electron chi connectivity index (χ2n) is 7.27. The highest BCUT2D eigenvalue weighted by atomic mass is 32.2. The Balaban J connectivity index is 1.93. The number of amides is 1. The molecule has 12 heteroatoms. The molecule has 182 valence electrons. The van der Waals surface area contributed by atoms with Crippen LogP contribution in [0.4, 0.5) is 11.4 Å². The Morgan fingerprint density at radius 3 is 2.49 bits per heavy atom. The lowest BCUT2D eigenvalue weighted by molar-refractivity contribution is -0.385. The van der Waals surface area contributed by atoms with Gasteiger partial charge in [-0.05, 0) is 49.4 Å². The SMILES string of the molecule is COc1ccc(N(CC(=O)NN=Cc2ccccc2O)S(=O)(=O)c2ccc(C)c([N+](=O)[O-])c2)cc1. The summed E-state index contributed by atoms with van der Waals surface area (Å²) in [4.78, 5) is 22.9. The first-order chi connectivity index (χ1) is 16.6. The second kappa shape index (κ2) is 10.7. The first-order valence-electron chi connectivity index (χ1n) is 10.1. The number of carbonyl (C=O) groups excluding carboxylic acids is 1. The number of para-hydroxylation sites is 1. The number of sulfonamides is 1. The fourth-order valence-electron chi connectivity index (χ4n) is 3.07. The lowest BCUT2D eigenvalue weighted by Crippen LogP contribution is -2.39. The number of anilines is 1. The van der Waals surface area contributed by atoms with E-state index in [9.17, 15) is 28.4 Å². The number of ether oxygens (including phenoxy) is 1. The molecule has 0 aliphatic rings. The molecule has 0 aliphatic heterocycles. The molecule has 0 unspecified atom stereocenters. The topological polar surface area (TPSA) is 151 Å². The number of aromatic hydroxyl groups is 1. The Morgan fingerprint density at radius 1 is 1.17 bits per heavy atom. The summed E-state index contributed by atoms with van der Waals surface area (Å²) in [7, 11) is -2.94. The van der Waals surface area contributed by atoms with Gasteiger partial charge in [0, 0.05) is 17.2 Å². The van der Waals surface area contributed by atoms with Crippen LogP contribution in [0, 0.1) is 17.0 Å². The van der Waals surface area contributed by atoms with E-state index in [0.717, 1.165) is 10.4 Å². The van der Waals surface area contributed by atoms with Crippen LogP contribution in [0.5, 0.6) is 11.5 Å². The van der Waals surface area contributed by atoms with Crippen LogP contribution < -0.4 is 14.5 Å². The predicted molar refractivity (Wildman–Crippen MR) is 129 cm³/mol. The molecule has 3 aromatic carbocycles. The van der Waals surface area contributed by atoms with Gasteiger partial charge in [-0.2, -0.15) is 5.10 Å². The molecule has 0 fully saturated rings. The Bertz CT molecular complexity index is 1370. The number of hydrazone groups is 1. The molecule has 0 saturated heterocycles. The van der Waals surface area contributed by atoms with E-state index in [2.05, 4.69) is 10.5 Å². The highest BCUT2D eigenvalue weighted by Gasteiger charge is 2.29. The fraction of sp³-hybridized carbons (Fsp3) is 0.130. The molecular formula is C23H22N4O7S. The maximum absolute atomic E-state index is 13.5. The van der Waals surface area contributed by atoms with E-state index < -0.39 is 27.4 Å². The average Bonchev–Trinajstić information content (AvgIpc) is 2.83. The third-order valence-electron chi connectivity index (χ3n) is 4.94. The summed E-state index contributed by atoms with van der Waals surface area (Å²) >= 11 is 0. The first-order valence-corrected chi connectivity index (χ1v) is 11.6. The molecule has 0 aliphatic carbocycles. The molecule has 0 heterocycles. The van der Waals surface area contributed by atoms with E-state index in [-0.39, 0.29) is 22.0 Å². The number of nitro groups is 1. The van der Waals surface area contributed by atoms with Crippen molar-refractivity contribution < 1.29 is 28.0 Å². The van der Waals surface area contributed by atoms with Gasteiger partial charge in [0.25, 0.3) is 21.6 Å². The van der Waals surface area contributed by atoms with Gasteiger partial charge in [0.2, 0.25) is 0 Å². The highest BCUT2D eigenvalue weighted by molar-refractivity contribution is 7.92. The van der Waals surface area contributed by atoms with Crippen LogP contribution in [0.2, 0.25) is 0 Å². The molecule has 0 bridgehead atoms. The lowest BCUT2D eigenvalue weighted by atomic mass is 10.2. The van der Waals surface area contributed by atoms with Gasteiger partial charge >= 0.3 is 0 Å². The standard InChI is InChI=1S/C23H22N4O7S/c1-16-7-12-20(13-21(16)27(30)31)35(32,33)26(18-8-10-19(34-2)11-9-18)15-23(29)25-24-14-17-5-3-4-6-22(17)28/h3-14,28H,15H2,1-2H3,(H,25,29). The molecular weight excluding hydrogens is 476 g/mol. The molecule has 1 amide bonds. The summed E-state index contributed by atoms with van der Waals surface area (Å²) in [6, 6.07) is 15.7. The molecule has 0 atom stereocenters. The van der Waals surface area contributed by atoms with Crippen molar-refractivity contribution in [3.05, 3.63) is 88.0 Å². The third kappa shape index (κ3) is 5.92. The van der Waals surface area contributed by atoms with E-state index in [1.54, 1.807) is 18.2 Å². The Morgan fingerprint density at radius 2 is 1.86 bits per heavy atom. The summed E-state index contributed by atoms with van der Waals surface area (Å²) < 4.78 is 32.8. The number of nitrogens with zero attached hydrogens (tertiary/aromatic N) is 3. The number of hydrogen-bond acceptors (Lipinski definition) is 8. The van der Waals surface area contributed by atoms with Crippen molar-refractivity contribution in [3.8, 4) is 11.5 Å². The number of phenolic OH excluding ortho intramolecular Hbond substituents is 1. The van der Waals surface area contributed by atoms with Crippen molar-refractivity contribution in [1.29, 1.82) is 0 Å². The molecule has 35 heavy (non-hydrogen) atoms. The van der Waals surface area contributed by atoms with Crippen molar-refractivity contribution in [3.63, 3.8) is 0 Å². The number of aryl methyl sites for hydroxylation is 1. The summed E-state index contributed by atoms with van der Waals surface area (Å²) in [5.41, 5.74) is 2.63. The van der Waals surface area contributed by atoms with E-state index in [4.69, 9.17) is 4.74 Å². The fourth-order valence-corrected chi connectivity index (χ4v) is 4.51. The van der Waals surface area contributed by atoms with Crippen LogP contribution in [-0.4, -0.2) is 44.2 Å². The monoisotopic (exact) mass is 498 g/mol. The number of rotatable bonds is 9. The molecule has 0 radical (unpaired) electrons. The summed E-state index contributed by atoms with van der Waals surface area (Å²) in [6.45, 7) is 0.820. The maximum Gasteiger partial charge on any atom is 0.273 e. The molecule has 3 rings (SSSR count). The highest BCUT2D eigenvalue weighted by Crippen LogP contribution is 2.29. The van der Waals surface area contributed by atoms with Crippen LogP contribution in [0.1, 0.15) is 11.1 Å². The van der Waals surface area contributed by atoms with Crippen molar-refractivity contribution in [2.45, 2.75) is 11.8 Å². The van der Waals surface area contributed by atoms with Crippen molar-refractivity contribution in [1.82, 2.24) is 5.43 Å².